The van der Waals surface area contributed by atoms with Crippen molar-refractivity contribution in [3.8, 4) is 0 Å². The van der Waals surface area contributed by atoms with Crippen molar-refractivity contribution in [2.24, 2.45) is 0 Å². The average molecular weight is 380 g/mol. The van der Waals surface area contributed by atoms with Gasteiger partial charge in [-0.1, -0.05) is 0 Å². The fourth-order valence-corrected chi connectivity index (χ4v) is 2.10. The number of benzene rings is 1. The molecule has 0 amide bonds. The summed E-state index contributed by atoms with van der Waals surface area (Å²) in [6.45, 7) is 0.238. The highest BCUT2D eigenvalue weighted by atomic mass is 32.1. The number of aromatic nitrogens is 2. The topological polar surface area (TPSA) is 51.1 Å². The second kappa shape index (κ2) is 8.21. The van der Waals surface area contributed by atoms with Gasteiger partial charge in [-0.15, -0.1) is 0 Å². The summed E-state index contributed by atoms with van der Waals surface area (Å²) in [5.41, 5.74) is -0.980. The number of ether oxygens (including phenoxy) is 1. The molecule has 0 atom stereocenters. The molecule has 0 aliphatic carbocycles. The predicted octanol–water partition coefficient (Wildman–Crippen LogP) is 2.56. The molecule has 25 heavy (non-hydrogen) atoms. The van der Waals surface area contributed by atoms with Crippen LogP contribution in [0.3, 0.4) is 0 Å². The van der Waals surface area contributed by atoms with Crippen molar-refractivity contribution >= 4 is 23.1 Å². The Bertz CT molecular complexity index is 754. The van der Waals surface area contributed by atoms with E-state index < -0.39 is 41.2 Å². The Morgan fingerprint density at radius 2 is 1.72 bits per heavy atom. The molecule has 2 N–H and O–H groups in total. The molecule has 0 aliphatic heterocycles. The van der Waals surface area contributed by atoms with Crippen LogP contribution in [0.1, 0.15) is 5.56 Å². The van der Waals surface area contributed by atoms with Crippen LogP contribution >= 0.6 is 12.2 Å². The van der Waals surface area contributed by atoms with Crippen LogP contribution in [0.25, 0.3) is 0 Å². The third-order valence-corrected chi connectivity index (χ3v) is 3.34. The highest BCUT2D eigenvalue weighted by molar-refractivity contribution is 7.80. The van der Waals surface area contributed by atoms with E-state index in [1.54, 1.807) is 0 Å². The standard InChI is InChI=1S/C14H13F5N4OS/c1-24-5-3-20-14(25)21-8-2-4-23(22-8)6-7-9(15)11(17)13(19)12(18)10(7)16/h2,4H,3,5-6H2,1H3,(H2,20,21,22,25). The number of nitrogens with one attached hydrogen (secondary N) is 2. The zero-order valence-corrected chi connectivity index (χ0v) is 13.7. The first-order valence-corrected chi connectivity index (χ1v) is 7.33. The summed E-state index contributed by atoms with van der Waals surface area (Å²) in [7, 11) is 1.53. The minimum absolute atomic E-state index is 0.235. The normalized spacial score (nSPS) is 10.8. The molecule has 136 valence electrons. The molecule has 5 nitrogen and oxygen atoms in total. The third-order valence-electron chi connectivity index (χ3n) is 3.09. The monoisotopic (exact) mass is 380 g/mol. The highest BCUT2D eigenvalue weighted by Crippen LogP contribution is 2.23. The Morgan fingerprint density at radius 1 is 1.12 bits per heavy atom. The van der Waals surface area contributed by atoms with Crippen LogP contribution in [0.15, 0.2) is 12.3 Å². The number of hydrogen-bond donors (Lipinski definition) is 2. The number of thiocarbonyl (C=S) groups is 1. The molecule has 1 aromatic heterocycles. The zero-order valence-electron chi connectivity index (χ0n) is 12.9. The summed E-state index contributed by atoms with van der Waals surface area (Å²) in [5.74, 6) is -9.74. The second-order valence-corrected chi connectivity index (χ2v) is 5.23. The lowest BCUT2D eigenvalue weighted by molar-refractivity contribution is 0.204. The van der Waals surface area contributed by atoms with Crippen molar-refractivity contribution in [1.82, 2.24) is 15.1 Å². The van der Waals surface area contributed by atoms with Crippen molar-refractivity contribution in [2.75, 3.05) is 25.6 Å². The molecule has 0 unspecified atom stereocenters. The van der Waals surface area contributed by atoms with Gasteiger partial charge in [0.25, 0.3) is 0 Å². The van der Waals surface area contributed by atoms with E-state index in [2.05, 4.69) is 15.7 Å². The van der Waals surface area contributed by atoms with Gasteiger partial charge in [0.1, 0.15) is 0 Å². The summed E-state index contributed by atoms with van der Waals surface area (Å²) >= 11 is 4.99. The van der Waals surface area contributed by atoms with Gasteiger partial charge in [0.15, 0.2) is 34.2 Å². The fourth-order valence-electron chi connectivity index (χ4n) is 1.89. The lowest BCUT2D eigenvalue weighted by Gasteiger charge is -2.09. The smallest absolute Gasteiger partial charge is 0.200 e. The van der Waals surface area contributed by atoms with E-state index in [9.17, 15) is 22.0 Å². The highest BCUT2D eigenvalue weighted by Gasteiger charge is 2.25. The summed E-state index contributed by atoms with van der Waals surface area (Å²) in [4.78, 5) is 0. The molecular formula is C14H13F5N4OS. The zero-order chi connectivity index (χ0) is 18.6. The Labute approximate surface area is 144 Å². The number of nitrogens with zero attached hydrogens (tertiary/aromatic N) is 2. The van der Waals surface area contributed by atoms with Crippen molar-refractivity contribution in [3.05, 3.63) is 46.9 Å². The third kappa shape index (κ3) is 4.42. The Morgan fingerprint density at radius 3 is 2.32 bits per heavy atom. The Kier molecular flexibility index (Phi) is 6.26. The number of rotatable bonds is 6. The molecule has 2 aromatic rings. The van der Waals surface area contributed by atoms with Gasteiger partial charge < -0.3 is 15.4 Å². The molecule has 0 radical (unpaired) electrons. The van der Waals surface area contributed by atoms with Crippen LogP contribution in [0.2, 0.25) is 0 Å². The van der Waals surface area contributed by atoms with Crippen LogP contribution in [0.5, 0.6) is 0 Å². The summed E-state index contributed by atoms with van der Waals surface area (Å²) in [6, 6.07) is 1.43. The fraction of sp³-hybridized carbons (Fsp3) is 0.286. The van der Waals surface area contributed by atoms with Crippen LogP contribution in [0, 0.1) is 29.1 Å². The van der Waals surface area contributed by atoms with E-state index in [1.165, 1.54) is 19.4 Å². The second-order valence-electron chi connectivity index (χ2n) is 4.82. The predicted molar refractivity (Wildman–Crippen MR) is 83.7 cm³/mol. The minimum atomic E-state index is -2.20. The Hall–Kier alpha value is -2.27. The quantitative estimate of drug-likeness (QED) is 0.265. The first-order valence-electron chi connectivity index (χ1n) is 6.92. The molecule has 11 heteroatoms. The van der Waals surface area contributed by atoms with Crippen molar-refractivity contribution < 1.29 is 26.7 Å². The maximum absolute atomic E-state index is 13.7. The molecular weight excluding hydrogens is 367 g/mol. The van der Waals surface area contributed by atoms with Crippen LogP contribution in [-0.2, 0) is 11.3 Å². The van der Waals surface area contributed by atoms with Gasteiger partial charge >= 0.3 is 0 Å². The van der Waals surface area contributed by atoms with E-state index in [0.29, 0.717) is 13.2 Å². The maximum Gasteiger partial charge on any atom is 0.200 e. The molecule has 0 bridgehead atoms. The Balaban J connectivity index is 2.11. The molecule has 2 rings (SSSR count). The van der Waals surface area contributed by atoms with Gasteiger partial charge in [0.05, 0.1) is 18.7 Å². The van der Waals surface area contributed by atoms with Crippen molar-refractivity contribution in [2.45, 2.75) is 6.54 Å². The first kappa shape index (κ1) is 19.1. The number of hydrogen-bond acceptors (Lipinski definition) is 3. The molecule has 1 aromatic carbocycles. The van der Waals surface area contributed by atoms with Gasteiger partial charge in [-0.2, -0.15) is 5.10 Å². The van der Waals surface area contributed by atoms with Gasteiger partial charge in [-0.05, 0) is 12.2 Å². The lowest BCUT2D eigenvalue weighted by Crippen LogP contribution is -2.31. The van der Waals surface area contributed by atoms with E-state index >= 15 is 0 Å². The molecule has 0 saturated heterocycles. The largest absolute Gasteiger partial charge is 0.383 e. The van der Waals surface area contributed by atoms with Gasteiger partial charge in [0, 0.05) is 25.9 Å². The van der Waals surface area contributed by atoms with Crippen molar-refractivity contribution in [3.63, 3.8) is 0 Å². The minimum Gasteiger partial charge on any atom is -0.383 e. The van der Waals surface area contributed by atoms with Crippen LogP contribution in [-0.4, -0.2) is 35.2 Å². The van der Waals surface area contributed by atoms with E-state index in [-0.39, 0.29) is 10.9 Å². The summed E-state index contributed by atoms with van der Waals surface area (Å²) in [6.07, 6.45) is 1.30. The van der Waals surface area contributed by atoms with Gasteiger partial charge in [-0.3, -0.25) is 4.68 Å². The van der Waals surface area contributed by atoms with Crippen LogP contribution in [0.4, 0.5) is 27.8 Å². The average Bonchev–Trinajstić information content (AvgIpc) is 3.02. The number of anilines is 1. The van der Waals surface area contributed by atoms with Gasteiger partial charge in [-0.25, -0.2) is 22.0 Å². The maximum atomic E-state index is 13.7. The molecule has 0 spiro atoms. The lowest BCUT2D eigenvalue weighted by atomic mass is 10.1. The molecule has 0 saturated carbocycles. The first-order chi connectivity index (χ1) is 11.8. The molecule has 0 aliphatic rings. The van der Waals surface area contributed by atoms with E-state index in [0.717, 1.165) is 4.68 Å². The van der Waals surface area contributed by atoms with E-state index in [4.69, 9.17) is 17.0 Å². The van der Waals surface area contributed by atoms with E-state index in [1.807, 2.05) is 0 Å². The SMILES string of the molecule is COCCNC(=S)Nc1ccn(Cc2c(F)c(F)c(F)c(F)c2F)n1. The number of methoxy groups -OCH3 is 1. The van der Waals surface area contributed by atoms with Crippen molar-refractivity contribution in [1.29, 1.82) is 0 Å². The summed E-state index contributed by atoms with van der Waals surface area (Å²) in [5, 5.41) is 9.67. The molecule has 1 heterocycles. The van der Waals surface area contributed by atoms with Crippen LogP contribution < -0.4 is 10.6 Å². The summed E-state index contributed by atoms with van der Waals surface area (Å²) < 4.78 is 72.6. The molecule has 0 fully saturated rings. The number of halogens is 5. The van der Waals surface area contributed by atoms with Gasteiger partial charge in [0.2, 0.25) is 5.82 Å².